The third kappa shape index (κ3) is 1.69. The molecule has 3 heteroatoms. The molecule has 0 saturated carbocycles. The second-order valence-electron chi connectivity index (χ2n) is 1.77. The third-order valence-corrected chi connectivity index (χ3v) is 1.14. The van der Waals surface area contributed by atoms with Gasteiger partial charge in [0.15, 0.2) is 0 Å². The fraction of sp³-hybridized carbons (Fsp3) is 0. The molecule has 0 heterocycles. The van der Waals surface area contributed by atoms with E-state index >= 15 is 0 Å². The summed E-state index contributed by atoms with van der Waals surface area (Å²) in [6.07, 6.45) is 4.87. The number of hydrogen-bond donors (Lipinski definition) is 1. The zero-order chi connectivity index (χ0) is 6.85. The summed E-state index contributed by atoms with van der Waals surface area (Å²) in [5.74, 6) is -0.912. The van der Waals surface area contributed by atoms with Crippen LogP contribution in [0.3, 0.4) is 0 Å². The van der Waals surface area contributed by atoms with Gasteiger partial charge in [0.25, 0.3) is 0 Å². The predicted molar refractivity (Wildman–Crippen MR) is 34.0 cm³/mol. The molecule has 1 aliphatic carbocycles. The van der Waals surface area contributed by atoms with Crippen molar-refractivity contribution in [3.63, 3.8) is 0 Å². The molecule has 2 nitrogen and oxygen atoms in total. The quantitative estimate of drug-likeness (QED) is 0.598. The van der Waals surface area contributed by atoms with Crippen molar-refractivity contribution in [1.82, 2.24) is 0 Å². The van der Waals surface area contributed by atoms with E-state index in [1.54, 1.807) is 12.2 Å². The van der Waals surface area contributed by atoms with Gasteiger partial charge in [-0.05, 0) is 11.6 Å². The average Bonchev–Trinajstić information content (AvgIpc) is 2.13. The Morgan fingerprint density at radius 3 is 2.40 bits per heavy atom. The van der Waals surface area contributed by atoms with E-state index < -0.39 is 5.97 Å². The van der Waals surface area contributed by atoms with Crippen LogP contribution < -0.4 is 0 Å². The van der Waals surface area contributed by atoms with Crippen molar-refractivity contribution in [2.45, 2.75) is 0 Å². The molecule has 0 radical (unpaired) electrons. The smallest absolute Gasteiger partial charge is 0.336 e. The van der Waals surface area contributed by atoms with Crippen LogP contribution in [0.25, 0.3) is 0 Å². The zero-order valence-corrected chi connectivity index (χ0v) is 6.86. The molecule has 10 heavy (non-hydrogen) atoms. The maximum absolute atomic E-state index is 10.2. The standard InChI is InChI=1S/C7H6O2.Ti/c1-5-3-2-4-6(5)7(8)9;/h2-4H,1H2,(H,8,9);. The first kappa shape index (κ1) is 9.40. The van der Waals surface area contributed by atoms with Gasteiger partial charge in [-0.1, -0.05) is 18.7 Å². The van der Waals surface area contributed by atoms with Crippen LogP contribution in [0.1, 0.15) is 0 Å². The Bertz CT molecular complexity index is 226. The number of carboxylic acids is 1. The van der Waals surface area contributed by atoms with E-state index in [4.69, 9.17) is 5.11 Å². The molecule has 1 aliphatic rings. The maximum Gasteiger partial charge on any atom is 0.336 e. The molecule has 0 aromatic heterocycles. The van der Waals surface area contributed by atoms with Crippen molar-refractivity contribution in [3.05, 3.63) is 36.0 Å². The Labute approximate surface area is 73.8 Å². The molecule has 0 bridgehead atoms. The molecule has 1 N–H and O–H groups in total. The first-order chi connectivity index (χ1) is 4.22. The number of carboxylic acid groups (broad SMARTS) is 1. The van der Waals surface area contributed by atoms with Crippen molar-refractivity contribution in [1.29, 1.82) is 0 Å². The molecule has 0 spiro atoms. The van der Waals surface area contributed by atoms with Crippen LogP contribution in [0.15, 0.2) is 36.0 Å². The molecule has 0 aromatic rings. The molecule has 1 rings (SSSR count). The maximum atomic E-state index is 10.2. The van der Waals surface area contributed by atoms with E-state index in [9.17, 15) is 4.79 Å². The van der Waals surface area contributed by atoms with E-state index in [0.717, 1.165) is 0 Å². The minimum atomic E-state index is -0.912. The van der Waals surface area contributed by atoms with Gasteiger partial charge in [0.1, 0.15) is 0 Å². The minimum Gasteiger partial charge on any atom is -0.478 e. The Balaban J connectivity index is 0.000000810. The van der Waals surface area contributed by atoms with E-state index in [2.05, 4.69) is 6.58 Å². The van der Waals surface area contributed by atoms with Crippen LogP contribution in [0.2, 0.25) is 0 Å². The predicted octanol–water partition coefficient (Wildman–Crippen LogP) is 1.12. The van der Waals surface area contributed by atoms with Crippen LogP contribution in [0, 0.1) is 0 Å². The van der Waals surface area contributed by atoms with Gasteiger partial charge >= 0.3 is 5.97 Å². The van der Waals surface area contributed by atoms with Gasteiger partial charge in [-0.15, -0.1) is 0 Å². The van der Waals surface area contributed by atoms with Crippen molar-refractivity contribution in [2.75, 3.05) is 0 Å². The van der Waals surface area contributed by atoms with Crippen LogP contribution in [0.5, 0.6) is 0 Å². The normalized spacial score (nSPS) is 14.4. The zero-order valence-electron chi connectivity index (χ0n) is 5.29. The first-order valence-corrected chi connectivity index (χ1v) is 2.53. The van der Waals surface area contributed by atoms with Crippen LogP contribution in [-0.2, 0) is 26.5 Å². The summed E-state index contributed by atoms with van der Waals surface area (Å²) in [6, 6.07) is 0. The van der Waals surface area contributed by atoms with Crippen molar-refractivity contribution in [3.8, 4) is 0 Å². The summed E-state index contributed by atoms with van der Waals surface area (Å²) in [6.45, 7) is 3.52. The van der Waals surface area contributed by atoms with Crippen molar-refractivity contribution in [2.24, 2.45) is 0 Å². The average molecular weight is 170 g/mol. The Morgan fingerprint density at radius 2 is 2.20 bits per heavy atom. The molecule has 0 unspecified atom stereocenters. The van der Waals surface area contributed by atoms with Gasteiger partial charge in [-0.25, -0.2) is 4.79 Å². The SMILES string of the molecule is C=C1C=CC=C1C(=O)O.[Ti]. The second-order valence-corrected chi connectivity index (χ2v) is 1.77. The molecule has 0 aliphatic heterocycles. The molecular weight excluding hydrogens is 164 g/mol. The summed E-state index contributed by atoms with van der Waals surface area (Å²) in [5.41, 5.74) is 0.859. The van der Waals surface area contributed by atoms with Crippen molar-refractivity contribution < 1.29 is 31.6 Å². The Hall–Kier alpha value is -0.596. The van der Waals surface area contributed by atoms with Gasteiger partial charge in [-0.3, -0.25) is 0 Å². The van der Waals surface area contributed by atoms with Crippen LogP contribution in [0.4, 0.5) is 0 Å². The van der Waals surface area contributed by atoms with Gasteiger partial charge in [0, 0.05) is 21.7 Å². The summed E-state index contributed by atoms with van der Waals surface area (Å²) in [5, 5.41) is 8.41. The second kappa shape index (κ2) is 3.54. The number of hydrogen-bond acceptors (Lipinski definition) is 1. The third-order valence-electron chi connectivity index (χ3n) is 1.14. The minimum absolute atomic E-state index is 0. The Morgan fingerprint density at radius 1 is 1.60 bits per heavy atom. The monoisotopic (exact) mass is 170 g/mol. The summed E-state index contributed by atoms with van der Waals surface area (Å²) in [7, 11) is 0. The number of carbonyl (C=O) groups is 1. The van der Waals surface area contributed by atoms with E-state index in [-0.39, 0.29) is 27.3 Å². The summed E-state index contributed by atoms with van der Waals surface area (Å²) >= 11 is 0. The fourth-order valence-electron chi connectivity index (χ4n) is 0.666. The Kier molecular flexibility index (Phi) is 3.33. The molecule has 50 valence electrons. The topological polar surface area (TPSA) is 37.3 Å². The summed E-state index contributed by atoms with van der Waals surface area (Å²) in [4.78, 5) is 10.2. The van der Waals surface area contributed by atoms with E-state index in [1.165, 1.54) is 6.08 Å². The molecule has 0 aromatic carbocycles. The van der Waals surface area contributed by atoms with Crippen LogP contribution >= 0.6 is 0 Å². The van der Waals surface area contributed by atoms with Gasteiger partial charge < -0.3 is 5.11 Å². The van der Waals surface area contributed by atoms with E-state index in [1.807, 2.05) is 0 Å². The van der Waals surface area contributed by atoms with Gasteiger partial charge in [0.2, 0.25) is 0 Å². The first-order valence-electron chi connectivity index (χ1n) is 2.53. The van der Waals surface area contributed by atoms with E-state index in [0.29, 0.717) is 5.57 Å². The van der Waals surface area contributed by atoms with Crippen LogP contribution in [-0.4, -0.2) is 11.1 Å². The molecule has 0 fully saturated rings. The number of allylic oxidation sites excluding steroid dienone is 3. The summed E-state index contributed by atoms with van der Waals surface area (Å²) < 4.78 is 0. The molecule has 0 amide bonds. The number of aliphatic carboxylic acids is 1. The largest absolute Gasteiger partial charge is 0.478 e. The number of rotatable bonds is 1. The van der Waals surface area contributed by atoms with Gasteiger partial charge in [0.05, 0.1) is 5.57 Å². The fourth-order valence-corrected chi connectivity index (χ4v) is 0.666. The molecular formula is C7H6O2Ti. The van der Waals surface area contributed by atoms with Gasteiger partial charge in [-0.2, -0.15) is 0 Å². The molecule has 0 atom stereocenters. The molecule has 0 saturated heterocycles. The van der Waals surface area contributed by atoms with Crippen molar-refractivity contribution >= 4 is 5.97 Å².